The molecule has 0 aromatic heterocycles. The van der Waals surface area contributed by atoms with Gasteiger partial charge in [-0.15, -0.1) is 16.8 Å². The number of fused-ring (bicyclic) bond motifs is 8. The summed E-state index contributed by atoms with van der Waals surface area (Å²) < 4.78 is 30.7. The van der Waals surface area contributed by atoms with Crippen molar-refractivity contribution >= 4 is 76.5 Å². The van der Waals surface area contributed by atoms with E-state index < -0.39 is 23.4 Å². The molecule has 0 spiro atoms. The summed E-state index contributed by atoms with van der Waals surface area (Å²) in [6.07, 6.45) is 5.34. The van der Waals surface area contributed by atoms with Crippen LogP contribution >= 0.6 is 11.8 Å². The van der Waals surface area contributed by atoms with Crippen LogP contribution in [0.4, 0.5) is 22.7 Å². The number of benzene rings is 5. The smallest absolute Gasteiger partial charge is 0.333 e. The van der Waals surface area contributed by atoms with E-state index in [1.54, 1.807) is 60.0 Å². The molecule has 1 saturated heterocycles. The van der Waals surface area contributed by atoms with Crippen LogP contribution in [0, 0.1) is 0 Å². The highest BCUT2D eigenvalue weighted by Gasteiger charge is 2.39. The number of carbonyl (C=O) groups is 5. The molecule has 17 heteroatoms. The lowest BCUT2D eigenvalue weighted by Gasteiger charge is -2.31. The third kappa shape index (κ3) is 10.4. The number of rotatable bonds is 18. The number of hydroxylamine groups is 2. The molecule has 0 unspecified atom stereocenters. The van der Waals surface area contributed by atoms with Crippen LogP contribution in [-0.4, -0.2) is 90.3 Å². The van der Waals surface area contributed by atoms with Crippen LogP contribution in [0.25, 0.3) is 0 Å². The molecule has 5 aromatic carbocycles. The first-order chi connectivity index (χ1) is 35.6. The third-order valence-electron chi connectivity index (χ3n) is 13.7. The summed E-state index contributed by atoms with van der Waals surface area (Å²) in [6.45, 7) is 8.59. The van der Waals surface area contributed by atoms with Crippen molar-refractivity contribution in [2.24, 2.45) is 9.98 Å². The number of anilines is 2. The summed E-state index contributed by atoms with van der Waals surface area (Å²) in [5.41, 5.74) is 7.74. The molecule has 0 saturated carbocycles. The summed E-state index contributed by atoms with van der Waals surface area (Å²) in [4.78, 5) is 82.9. The first-order valence-corrected chi connectivity index (χ1v) is 25.6. The zero-order valence-electron chi connectivity index (χ0n) is 42.2. The van der Waals surface area contributed by atoms with Crippen LogP contribution in [0.1, 0.15) is 102 Å². The van der Waals surface area contributed by atoms with E-state index in [4.69, 9.17) is 38.5 Å². The first kappa shape index (κ1) is 50.1. The van der Waals surface area contributed by atoms with Gasteiger partial charge in [0.1, 0.15) is 13.2 Å². The number of amides is 4. The Morgan fingerprint density at radius 1 is 0.649 bits per heavy atom. The molecule has 16 nitrogen and oxygen atoms in total. The third-order valence-corrected chi connectivity index (χ3v) is 15.1. The number of nitrogens with zero attached hydrogens (tertiary/aromatic N) is 5. The van der Waals surface area contributed by atoms with Crippen molar-refractivity contribution in [1.29, 1.82) is 0 Å². The Balaban J connectivity index is 0.865. The standard InChI is InChI=1S/C57H57N5O11S/c1-56(2,18-17-53(65)73-62-51(63)15-16-52(62)64)72-33-57(3,4)74-32-36-20-34(30-70-49-26-43-41(24-47(49)68-5)54(66)60-39(28-58-43)22-37-11-7-9-13-45(37)60)19-35(21-36)31-71-50-27-44-42(25-48(50)69-6)55(67)61-40(29-59-44)23-38-12-8-10-14-46(38)61/h7-14,19-21,24-29,39-40H,15-18,22-23,30-33H2,1-6H3/t39-,40-/m0/s1. The van der Waals surface area contributed by atoms with Crippen molar-refractivity contribution in [2.45, 2.75) is 108 Å². The van der Waals surface area contributed by atoms with Crippen molar-refractivity contribution in [3.05, 3.63) is 130 Å². The predicted octanol–water partition coefficient (Wildman–Crippen LogP) is 9.63. The van der Waals surface area contributed by atoms with Crippen LogP contribution in [0.5, 0.6) is 23.0 Å². The largest absolute Gasteiger partial charge is 0.493 e. The second kappa shape index (κ2) is 20.4. The molecule has 5 aliphatic rings. The van der Waals surface area contributed by atoms with Gasteiger partial charge in [-0.25, -0.2) is 4.79 Å². The predicted molar refractivity (Wildman–Crippen MR) is 281 cm³/mol. The van der Waals surface area contributed by atoms with Crippen molar-refractivity contribution in [2.75, 3.05) is 30.6 Å². The maximum atomic E-state index is 14.1. The van der Waals surface area contributed by atoms with Gasteiger partial charge >= 0.3 is 5.97 Å². The summed E-state index contributed by atoms with van der Waals surface area (Å²) in [6, 6.07) is 28.5. The molecule has 0 aliphatic carbocycles. The molecule has 1 fully saturated rings. The topological polar surface area (TPSA) is 175 Å². The number of ether oxygens (including phenoxy) is 5. The van der Waals surface area contributed by atoms with E-state index >= 15 is 0 Å². The summed E-state index contributed by atoms with van der Waals surface area (Å²) in [5, 5.41) is 0.561. The van der Waals surface area contributed by atoms with Crippen LogP contribution < -0.4 is 28.7 Å². The molecule has 2 atom stereocenters. The van der Waals surface area contributed by atoms with E-state index in [0.717, 1.165) is 39.2 Å². The second-order valence-corrected chi connectivity index (χ2v) is 21.8. The average molecular weight is 1020 g/mol. The number of hydrogen-bond acceptors (Lipinski definition) is 14. The molecule has 0 N–H and O–H groups in total. The monoisotopic (exact) mass is 1020 g/mol. The molecular formula is C57H57N5O11S. The zero-order valence-corrected chi connectivity index (χ0v) is 43.0. The van der Waals surface area contributed by atoms with Crippen LogP contribution in [0.15, 0.2) is 101 Å². The van der Waals surface area contributed by atoms with Crippen molar-refractivity contribution < 1.29 is 52.5 Å². The fourth-order valence-electron chi connectivity index (χ4n) is 9.76. The van der Waals surface area contributed by atoms with E-state index in [0.29, 0.717) is 82.2 Å². The molecule has 0 radical (unpaired) electrons. The van der Waals surface area contributed by atoms with Gasteiger partial charge in [0.25, 0.3) is 23.6 Å². The SMILES string of the molecule is COc1cc2c(cc1OCc1cc(COc3cc4c(cc3OC)C(=O)N3c5ccccc5C[C@H]3C=N4)cc(CSC(C)(C)COC(C)(C)CCC(=O)ON3C(=O)CCC3=O)c1)N=C[C@@H]1Cc3ccccc3N1C2=O. The van der Waals surface area contributed by atoms with Gasteiger partial charge in [-0.1, -0.05) is 48.5 Å². The van der Waals surface area contributed by atoms with E-state index in [1.165, 1.54) is 0 Å². The Hall–Kier alpha value is -7.50. The molecule has 10 rings (SSSR count). The van der Waals surface area contributed by atoms with Crippen LogP contribution in [0.3, 0.4) is 0 Å². The average Bonchev–Trinajstić information content (AvgIpc) is 4.01. The zero-order chi connectivity index (χ0) is 51.9. The number of para-hydroxylation sites is 2. The maximum absolute atomic E-state index is 14.1. The fourth-order valence-corrected chi connectivity index (χ4v) is 10.6. The van der Waals surface area contributed by atoms with Crippen molar-refractivity contribution in [1.82, 2.24) is 5.06 Å². The molecule has 74 heavy (non-hydrogen) atoms. The number of imide groups is 1. The number of aliphatic imine (C=N–C) groups is 2. The highest BCUT2D eigenvalue weighted by Crippen LogP contribution is 2.43. The van der Waals surface area contributed by atoms with Gasteiger partial charge in [0.05, 0.1) is 67.4 Å². The highest BCUT2D eigenvalue weighted by molar-refractivity contribution is 7.99. The number of hydrogen-bond donors (Lipinski definition) is 0. The lowest BCUT2D eigenvalue weighted by Crippen LogP contribution is -2.37. The van der Waals surface area contributed by atoms with E-state index in [9.17, 15) is 24.0 Å². The molecule has 382 valence electrons. The lowest BCUT2D eigenvalue weighted by molar-refractivity contribution is -0.198. The van der Waals surface area contributed by atoms with Crippen LogP contribution in [-0.2, 0) is 55.8 Å². The molecule has 4 amide bonds. The van der Waals surface area contributed by atoms with Gasteiger partial charge in [-0.3, -0.25) is 39.0 Å². The first-order valence-electron chi connectivity index (χ1n) is 24.6. The van der Waals surface area contributed by atoms with Gasteiger partial charge in [-0.05, 0) is 92.3 Å². The van der Waals surface area contributed by atoms with Gasteiger partial charge < -0.3 is 28.5 Å². The van der Waals surface area contributed by atoms with Gasteiger partial charge in [-0.2, -0.15) is 0 Å². The number of methoxy groups -OCH3 is 2. The van der Waals surface area contributed by atoms with Gasteiger partial charge in [0, 0.05) is 72.1 Å². The Morgan fingerprint density at radius 3 is 1.64 bits per heavy atom. The van der Waals surface area contributed by atoms with E-state index in [1.807, 2.05) is 80.9 Å². The summed E-state index contributed by atoms with van der Waals surface area (Å²) >= 11 is 1.69. The lowest BCUT2D eigenvalue weighted by atomic mass is 10.0. The minimum atomic E-state index is -0.716. The minimum absolute atomic E-state index is 0.0294. The van der Waals surface area contributed by atoms with Gasteiger partial charge in [0.2, 0.25) is 0 Å². The highest BCUT2D eigenvalue weighted by atomic mass is 32.2. The summed E-state index contributed by atoms with van der Waals surface area (Å²) in [5.74, 6) is 0.206. The van der Waals surface area contributed by atoms with Crippen LogP contribution in [0.2, 0.25) is 0 Å². The summed E-state index contributed by atoms with van der Waals surface area (Å²) in [7, 11) is 3.09. The van der Waals surface area contributed by atoms with Crippen molar-refractivity contribution in [3.8, 4) is 23.0 Å². The van der Waals surface area contributed by atoms with Gasteiger partial charge in [0.15, 0.2) is 23.0 Å². The molecule has 5 heterocycles. The number of thioether (sulfide) groups is 1. The fraction of sp³-hybridized carbons (Fsp3) is 0.351. The van der Waals surface area contributed by atoms with E-state index in [-0.39, 0.29) is 61.1 Å². The molecular weight excluding hydrogens is 963 g/mol. The van der Waals surface area contributed by atoms with Crippen molar-refractivity contribution in [3.63, 3.8) is 0 Å². The normalized spacial score (nSPS) is 17.5. The Morgan fingerprint density at radius 2 is 1.14 bits per heavy atom. The number of carbonyl (C=O) groups excluding carboxylic acids is 5. The molecule has 5 aromatic rings. The Kier molecular flexibility index (Phi) is 13.8. The second-order valence-electron chi connectivity index (χ2n) is 20.1. The molecule has 0 bridgehead atoms. The minimum Gasteiger partial charge on any atom is -0.493 e. The maximum Gasteiger partial charge on any atom is 0.333 e. The van der Waals surface area contributed by atoms with E-state index in [2.05, 4.69) is 26.0 Å². The quantitative estimate of drug-likeness (QED) is 0.0762. The Bertz CT molecular complexity index is 2970. The molecule has 5 aliphatic heterocycles. The Labute approximate surface area is 433 Å².